The van der Waals surface area contributed by atoms with Crippen molar-refractivity contribution < 1.29 is 9.67 Å². The van der Waals surface area contributed by atoms with Crippen LogP contribution in [0.2, 0.25) is 0 Å². The third-order valence-electron chi connectivity index (χ3n) is 4.24. The second-order valence-electron chi connectivity index (χ2n) is 6.08. The number of hydrogen-bond donors (Lipinski definition) is 0. The van der Waals surface area contributed by atoms with Gasteiger partial charge >= 0.3 is 0 Å². The lowest BCUT2D eigenvalue weighted by atomic mass is 10.0. The molecule has 0 aliphatic carbocycles. The van der Waals surface area contributed by atoms with Gasteiger partial charge in [-0.05, 0) is 46.5 Å². The Morgan fingerprint density at radius 1 is 0.833 bits per heavy atom. The van der Waals surface area contributed by atoms with Gasteiger partial charge in [0.15, 0.2) is 18.6 Å². The zero-order chi connectivity index (χ0) is 16.5. The minimum Gasteiger partial charge on any atom is -0.868 e. The highest BCUT2D eigenvalue weighted by Gasteiger charge is 2.04. The summed E-state index contributed by atoms with van der Waals surface area (Å²) in [4.78, 5) is 0. The minimum absolute atomic E-state index is 0.00337. The molecule has 0 atom stereocenters. The SMILES string of the molecule is Cc1ccc2cc3c[n+](/C=C(\[O-])c4ccccc4)ccc3cc2c1. The maximum atomic E-state index is 12.3. The topological polar surface area (TPSA) is 26.9 Å². The van der Waals surface area contributed by atoms with Crippen LogP contribution in [-0.4, -0.2) is 0 Å². The molecule has 2 heteroatoms. The molecule has 0 aliphatic heterocycles. The molecule has 3 aromatic carbocycles. The Hall–Kier alpha value is -3.13. The maximum Gasteiger partial charge on any atom is 0.182 e. The van der Waals surface area contributed by atoms with E-state index >= 15 is 0 Å². The first-order valence-electron chi connectivity index (χ1n) is 7.98. The van der Waals surface area contributed by atoms with E-state index in [2.05, 4.69) is 37.3 Å². The van der Waals surface area contributed by atoms with E-state index in [1.54, 1.807) is 6.20 Å². The van der Waals surface area contributed by atoms with Gasteiger partial charge in [0.05, 0.1) is 0 Å². The van der Waals surface area contributed by atoms with Crippen molar-refractivity contribution in [2.75, 3.05) is 0 Å². The molecule has 0 amide bonds. The van der Waals surface area contributed by atoms with E-state index < -0.39 is 0 Å². The summed E-state index contributed by atoms with van der Waals surface area (Å²) >= 11 is 0. The molecule has 0 saturated heterocycles. The average molecular weight is 311 g/mol. The highest BCUT2D eigenvalue weighted by atomic mass is 16.3. The summed E-state index contributed by atoms with van der Waals surface area (Å²) in [7, 11) is 0. The highest BCUT2D eigenvalue weighted by molar-refractivity contribution is 5.97. The molecule has 4 rings (SSSR count). The molecule has 0 spiro atoms. The zero-order valence-corrected chi connectivity index (χ0v) is 13.4. The Kier molecular flexibility index (Phi) is 3.51. The molecule has 24 heavy (non-hydrogen) atoms. The first-order valence-corrected chi connectivity index (χ1v) is 7.98. The van der Waals surface area contributed by atoms with Gasteiger partial charge in [-0.3, -0.25) is 0 Å². The fourth-order valence-electron chi connectivity index (χ4n) is 2.97. The zero-order valence-electron chi connectivity index (χ0n) is 13.4. The van der Waals surface area contributed by atoms with Gasteiger partial charge in [-0.25, -0.2) is 0 Å². The smallest absolute Gasteiger partial charge is 0.182 e. The fraction of sp³-hybridized carbons (Fsp3) is 0.0455. The Bertz CT molecular complexity index is 1070. The molecule has 0 fully saturated rings. The van der Waals surface area contributed by atoms with Crippen LogP contribution in [0.5, 0.6) is 0 Å². The van der Waals surface area contributed by atoms with Crippen molar-refractivity contribution >= 4 is 33.5 Å². The average Bonchev–Trinajstić information content (AvgIpc) is 2.61. The molecular weight excluding hydrogens is 294 g/mol. The van der Waals surface area contributed by atoms with Crippen LogP contribution in [0.1, 0.15) is 11.1 Å². The Morgan fingerprint density at radius 2 is 1.58 bits per heavy atom. The van der Waals surface area contributed by atoms with Gasteiger partial charge in [-0.1, -0.05) is 54.1 Å². The lowest BCUT2D eigenvalue weighted by Crippen LogP contribution is -2.26. The van der Waals surface area contributed by atoms with Crippen molar-refractivity contribution in [2.24, 2.45) is 0 Å². The summed E-state index contributed by atoms with van der Waals surface area (Å²) in [5, 5.41) is 17.1. The van der Waals surface area contributed by atoms with Crippen LogP contribution >= 0.6 is 0 Å². The molecule has 0 radical (unpaired) electrons. The van der Waals surface area contributed by atoms with Gasteiger partial charge in [0.2, 0.25) is 0 Å². The first-order chi connectivity index (χ1) is 11.7. The van der Waals surface area contributed by atoms with E-state index in [1.165, 1.54) is 21.7 Å². The van der Waals surface area contributed by atoms with Crippen molar-refractivity contribution in [2.45, 2.75) is 6.92 Å². The van der Waals surface area contributed by atoms with Crippen molar-refractivity contribution in [3.63, 3.8) is 0 Å². The maximum absolute atomic E-state index is 12.3. The largest absolute Gasteiger partial charge is 0.868 e. The number of aryl methyl sites for hydroxylation is 1. The number of hydrogen-bond acceptors (Lipinski definition) is 1. The van der Waals surface area contributed by atoms with Gasteiger partial charge in [0.1, 0.15) is 0 Å². The number of nitrogens with zero attached hydrogens (tertiary/aromatic N) is 1. The molecule has 0 saturated carbocycles. The van der Waals surface area contributed by atoms with Crippen LogP contribution in [0, 0.1) is 6.92 Å². The quantitative estimate of drug-likeness (QED) is 0.313. The van der Waals surface area contributed by atoms with E-state index in [1.807, 2.05) is 53.4 Å². The molecule has 0 unspecified atom stereocenters. The molecular formula is C22H17NO. The number of fused-ring (bicyclic) bond motifs is 2. The summed E-state index contributed by atoms with van der Waals surface area (Å²) in [6.07, 6.45) is 5.54. The van der Waals surface area contributed by atoms with Crippen LogP contribution in [0.3, 0.4) is 0 Å². The molecule has 1 aromatic heterocycles. The second kappa shape index (κ2) is 5.82. The third-order valence-corrected chi connectivity index (χ3v) is 4.24. The predicted octanol–water partition coefficient (Wildman–Crippen LogP) is 3.90. The summed E-state index contributed by atoms with van der Waals surface area (Å²) in [5.74, 6) is -0.00337. The van der Waals surface area contributed by atoms with Gasteiger partial charge in [-0.2, -0.15) is 4.57 Å². The Morgan fingerprint density at radius 3 is 2.42 bits per heavy atom. The summed E-state index contributed by atoms with van der Waals surface area (Å²) < 4.78 is 1.83. The number of benzene rings is 3. The van der Waals surface area contributed by atoms with Gasteiger partial charge < -0.3 is 5.11 Å². The van der Waals surface area contributed by atoms with Gasteiger partial charge in [0.25, 0.3) is 0 Å². The normalized spacial score (nSPS) is 12.0. The monoisotopic (exact) mass is 311 g/mol. The standard InChI is InChI=1S/C22H17NO/c1-16-7-8-18-13-21-14-23(10-9-19(21)12-20(18)11-16)15-22(24)17-5-3-2-4-6-17/h2-15H,1H3/b22-15-. The van der Waals surface area contributed by atoms with Gasteiger partial charge in [0, 0.05) is 11.5 Å². The first kappa shape index (κ1) is 14.5. The van der Waals surface area contributed by atoms with Crippen LogP contribution in [0.25, 0.3) is 33.5 Å². The van der Waals surface area contributed by atoms with Crippen molar-refractivity contribution in [3.8, 4) is 0 Å². The Balaban J connectivity index is 1.80. The van der Waals surface area contributed by atoms with Crippen LogP contribution in [0.15, 0.2) is 79.1 Å². The van der Waals surface area contributed by atoms with Gasteiger partial charge in [-0.15, -0.1) is 0 Å². The third kappa shape index (κ3) is 2.74. The predicted molar refractivity (Wildman–Crippen MR) is 97.0 cm³/mol. The van der Waals surface area contributed by atoms with Crippen LogP contribution in [-0.2, 0) is 0 Å². The fourth-order valence-corrected chi connectivity index (χ4v) is 2.97. The van der Waals surface area contributed by atoms with E-state index in [-0.39, 0.29) is 5.76 Å². The molecule has 2 nitrogen and oxygen atoms in total. The lowest BCUT2D eigenvalue weighted by molar-refractivity contribution is -0.568. The molecule has 0 aliphatic rings. The number of aromatic nitrogens is 1. The lowest BCUT2D eigenvalue weighted by Gasteiger charge is -2.08. The van der Waals surface area contributed by atoms with Crippen molar-refractivity contribution in [1.29, 1.82) is 0 Å². The number of rotatable bonds is 2. The molecule has 1 heterocycles. The van der Waals surface area contributed by atoms with E-state index in [0.717, 1.165) is 5.39 Å². The van der Waals surface area contributed by atoms with Crippen molar-refractivity contribution in [1.82, 2.24) is 0 Å². The van der Waals surface area contributed by atoms with E-state index in [4.69, 9.17) is 0 Å². The van der Waals surface area contributed by atoms with Crippen molar-refractivity contribution in [3.05, 3.63) is 90.3 Å². The van der Waals surface area contributed by atoms with E-state index in [0.29, 0.717) is 5.56 Å². The van der Waals surface area contributed by atoms with E-state index in [9.17, 15) is 5.11 Å². The summed E-state index contributed by atoms with van der Waals surface area (Å²) in [6.45, 7) is 2.10. The highest BCUT2D eigenvalue weighted by Crippen LogP contribution is 2.22. The molecule has 0 bridgehead atoms. The molecule has 0 N–H and O–H groups in total. The Labute approximate surface area is 140 Å². The summed E-state index contributed by atoms with van der Waals surface area (Å²) in [6, 6.07) is 22.2. The minimum atomic E-state index is -0.00337. The number of pyridine rings is 1. The molecule has 116 valence electrons. The van der Waals surface area contributed by atoms with Crippen LogP contribution < -0.4 is 9.67 Å². The second-order valence-corrected chi connectivity index (χ2v) is 6.08. The summed E-state index contributed by atoms with van der Waals surface area (Å²) in [5.41, 5.74) is 1.95. The van der Waals surface area contributed by atoms with Crippen LogP contribution in [0.4, 0.5) is 0 Å². The molecule has 4 aromatic rings.